The molecular weight excluding hydrogens is 338 g/mol. The number of amides is 1. The molecule has 0 radical (unpaired) electrons. The first-order valence-electron chi connectivity index (χ1n) is 8.43. The highest BCUT2D eigenvalue weighted by Gasteiger charge is 2.10. The van der Waals surface area contributed by atoms with Gasteiger partial charge in [0.2, 0.25) is 5.91 Å². The minimum absolute atomic E-state index is 0.0941. The molecule has 2 aromatic rings. The van der Waals surface area contributed by atoms with Crippen molar-refractivity contribution in [1.82, 2.24) is 4.90 Å². The second kappa shape index (κ2) is 9.94. The van der Waals surface area contributed by atoms with Gasteiger partial charge >= 0.3 is 0 Å². The van der Waals surface area contributed by atoms with Gasteiger partial charge in [-0.1, -0.05) is 35.9 Å². The van der Waals surface area contributed by atoms with Gasteiger partial charge in [0.1, 0.15) is 0 Å². The van der Waals surface area contributed by atoms with Crippen molar-refractivity contribution in [3.8, 4) is 11.5 Å². The molecular formula is C20H24ClNO3. The lowest BCUT2D eigenvalue weighted by Gasteiger charge is -2.17. The molecule has 0 fully saturated rings. The summed E-state index contributed by atoms with van der Waals surface area (Å²) in [7, 11) is 1.81. The number of nitrogens with zero attached hydrogens (tertiary/aromatic N) is 1. The van der Waals surface area contributed by atoms with Gasteiger partial charge in [0.05, 0.1) is 13.2 Å². The Balaban J connectivity index is 1.74. The van der Waals surface area contributed by atoms with Crippen LogP contribution in [-0.4, -0.2) is 31.1 Å². The molecule has 0 saturated heterocycles. The molecule has 0 spiro atoms. The van der Waals surface area contributed by atoms with Crippen molar-refractivity contribution < 1.29 is 14.3 Å². The van der Waals surface area contributed by atoms with Gasteiger partial charge in [-0.3, -0.25) is 4.79 Å². The number of rotatable bonds is 9. The van der Waals surface area contributed by atoms with E-state index >= 15 is 0 Å². The Labute approximate surface area is 154 Å². The minimum atomic E-state index is 0.0941. The first-order chi connectivity index (χ1) is 12.1. The Morgan fingerprint density at radius 3 is 2.32 bits per heavy atom. The molecule has 0 aliphatic rings. The maximum atomic E-state index is 12.2. The van der Waals surface area contributed by atoms with E-state index in [0.717, 1.165) is 11.3 Å². The van der Waals surface area contributed by atoms with Crippen LogP contribution in [-0.2, 0) is 11.3 Å². The van der Waals surface area contributed by atoms with Gasteiger partial charge in [-0.05, 0) is 43.2 Å². The van der Waals surface area contributed by atoms with Crippen molar-refractivity contribution in [2.75, 3.05) is 20.3 Å². The number of hydrogen-bond donors (Lipinski definition) is 0. The summed E-state index contributed by atoms with van der Waals surface area (Å²) < 4.78 is 11.3. The van der Waals surface area contributed by atoms with Crippen molar-refractivity contribution in [2.45, 2.75) is 26.3 Å². The standard InChI is InChI=1S/C20H24ClNO3/c1-3-24-18-7-4-5-8-19(18)25-14-6-9-20(23)22(2)15-16-10-12-17(21)13-11-16/h4-5,7-8,10-13H,3,6,9,14-15H2,1-2H3. The minimum Gasteiger partial charge on any atom is -0.490 e. The first-order valence-corrected chi connectivity index (χ1v) is 8.81. The maximum Gasteiger partial charge on any atom is 0.222 e. The summed E-state index contributed by atoms with van der Waals surface area (Å²) >= 11 is 5.87. The zero-order valence-corrected chi connectivity index (χ0v) is 15.5. The van der Waals surface area contributed by atoms with E-state index in [9.17, 15) is 4.79 Å². The van der Waals surface area contributed by atoms with Crippen molar-refractivity contribution >= 4 is 17.5 Å². The first kappa shape index (κ1) is 19.1. The Hall–Kier alpha value is -2.20. The SMILES string of the molecule is CCOc1ccccc1OCCCC(=O)N(C)Cc1ccc(Cl)cc1. The lowest BCUT2D eigenvalue weighted by atomic mass is 10.2. The quantitative estimate of drug-likeness (QED) is 0.615. The topological polar surface area (TPSA) is 38.8 Å². The summed E-state index contributed by atoms with van der Waals surface area (Å²) in [6.07, 6.45) is 1.10. The van der Waals surface area contributed by atoms with E-state index in [1.165, 1.54) is 0 Å². The molecule has 4 nitrogen and oxygen atoms in total. The fraction of sp³-hybridized carbons (Fsp3) is 0.350. The van der Waals surface area contributed by atoms with Crippen LogP contribution in [0, 0.1) is 0 Å². The van der Waals surface area contributed by atoms with Gasteiger partial charge in [-0.15, -0.1) is 0 Å². The number of halogens is 1. The van der Waals surface area contributed by atoms with E-state index in [0.29, 0.717) is 43.4 Å². The third-order valence-electron chi connectivity index (χ3n) is 3.70. The third-order valence-corrected chi connectivity index (χ3v) is 3.95. The molecule has 0 aliphatic carbocycles. The van der Waals surface area contributed by atoms with Gasteiger partial charge in [-0.2, -0.15) is 0 Å². The lowest BCUT2D eigenvalue weighted by molar-refractivity contribution is -0.130. The second-order valence-corrected chi connectivity index (χ2v) is 6.14. The van der Waals surface area contributed by atoms with Crippen LogP contribution in [0.3, 0.4) is 0 Å². The summed E-state index contributed by atoms with van der Waals surface area (Å²) in [5.74, 6) is 1.54. The normalized spacial score (nSPS) is 10.4. The van der Waals surface area contributed by atoms with Crippen LogP contribution >= 0.6 is 11.6 Å². The van der Waals surface area contributed by atoms with Crippen molar-refractivity contribution in [3.63, 3.8) is 0 Å². The van der Waals surface area contributed by atoms with Crippen molar-refractivity contribution in [1.29, 1.82) is 0 Å². The van der Waals surface area contributed by atoms with Gasteiger partial charge in [0.15, 0.2) is 11.5 Å². The predicted molar refractivity (Wildman–Crippen MR) is 100 cm³/mol. The Kier molecular flexibility index (Phi) is 7.61. The highest BCUT2D eigenvalue weighted by molar-refractivity contribution is 6.30. The molecule has 0 N–H and O–H groups in total. The number of carbonyl (C=O) groups is 1. The lowest BCUT2D eigenvalue weighted by Crippen LogP contribution is -2.26. The van der Waals surface area contributed by atoms with E-state index in [1.54, 1.807) is 4.90 Å². The van der Waals surface area contributed by atoms with E-state index < -0.39 is 0 Å². The molecule has 0 unspecified atom stereocenters. The molecule has 5 heteroatoms. The maximum absolute atomic E-state index is 12.2. The molecule has 25 heavy (non-hydrogen) atoms. The summed E-state index contributed by atoms with van der Waals surface area (Å²) in [5, 5.41) is 0.696. The zero-order valence-electron chi connectivity index (χ0n) is 14.7. The molecule has 2 aromatic carbocycles. The molecule has 1 amide bonds. The number of hydrogen-bond acceptors (Lipinski definition) is 3. The van der Waals surface area contributed by atoms with E-state index in [1.807, 2.05) is 62.5 Å². The number of carbonyl (C=O) groups excluding carboxylic acids is 1. The van der Waals surface area contributed by atoms with Crippen LogP contribution in [0.4, 0.5) is 0 Å². The van der Waals surface area contributed by atoms with Crippen LogP contribution in [0.15, 0.2) is 48.5 Å². The second-order valence-electron chi connectivity index (χ2n) is 5.71. The monoisotopic (exact) mass is 361 g/mol. The van der Waals surface area contributed by atoms with Gasteiger partial charge in [-0.25, -0.2) is 0 Å². The molecule has 134 valence electrons. The van der Waals surface area contributed by atoms with Gasteiger partial charge in [0.25, 0.3) is 0 Å². The largest absolute Gasteiger partial charge is 0.490 e. The van der Waals surface area contributed by atoms with Crippen molar-refractivity contribution in [2.24, 2.45) is 0 Å². The van der Waals surface area contributed by atoms with E-state index in [4.69, 9.17) is 21.1 Å². The summed E-state index contributed by atoms with van der Waals surface area (Å²) in [4.78, 5) is 13.9. The van der Waals surface area contributed by atoms with Crippen LogP contribution in [0.1, 0.15) is 25.3 Å². The molecule has 0 aromatic heterocycles. The predicted octanol–water partition coefficient (Wildman–Crippen LogP) is 4.56. The number of ether oxygens (including phenoxy) is 2. The van der Waals surface area contributed by atoms with E-state index in [-0.39, 0.29) is 5.91 Å². The summed E-state index contributed by atoms with van der Waals surface area (Å²) in [6, 6.07) is 15.1. The highest BCUT2D eigenvalue weighted by atomic mass is 35.5. The molecule has 0 atom stereocenters. The fourth-order valence-corrected chi connectivity index (χ4v) is 2.52. The van der Waals surface area contributed by atoms with Crippen LogP contribution in [0.25, 0.3) is 0 Å². The average Bonchev–Trinajstić information content (AvgIpc) is 2.62. The number of benzene rings is 2. The van der Waals surface area contributed by atoms with Crippen LogP contribution in [0.2, 0.25) is 5.02 Å². The Morgan fingerprint density at radius 2 is 1.68 bits per heavy atom. The molecule has 0 aliphatic heterocycles. The Morgan fingerprint density at radius 1 is 1.04 bits per heavy atom. The van der Waals surface area contributed by atoms with E-state index in [2.05, 4.69) is 0 Å². The molecule has 0 saturated carbocycles. The van der Waals surface area contributed by atoms with Gasteiger partial charge in [0, 0.05) is 25.0 Å². The average molecular weight is 362 g/mol. The Bertz CT molecular complexity index is 673. The third kappa shape index (κ3) is 6.31. The van der Waals surface area contributed by atoms with Gasteiger partial charge < -0.3 is 14.4 Å². The fourth-order valence-electron chi connectivity index (χ4n) is 2.39. The van der Waals surface area contributed by atoms with Crippen LogP contribution in [0.5, 0.6) is 11.5 Å². The highest BCUT2D eigenvalue weighted by Crippen LogP contribution is 2.26. The summed E-state index contributed by atoms with van der Waals surface area (Å²) in [5.41, 5.74) is 1.06. The summed E-state index contributed by atoms with van der Waals surface area (Å²) in [6.45, 7) is 3.58. The van der Waals surface area contributed by atoms with Crippen LogP contribution < -0.4 is 9.47 Å². The number of para-hydroxylation sites is 2. The molecule has 0 bridgehead atoms. The van der Waals surface area contributed by atoms with Crippen molar-refractivity contribution in [3.05, 3.63) is 59.1 Å². The smallest absolute Gasteiger partial charge is 0.222 e. The zero-order chi connectivity index (χ0) is 18.1. The molecule has 0 heterocycles. The molecule has 2 rings (SSSR count).